The minimum absolute atomic E-state index is 0.174. The van der Waals surface area contributed by atoms with Crippen LogP contribution in [0.5, 0.6) is 0 Å². The molecule has 1 N–H and O–H groups in total. The Morgan fingerprint density at radius 2 is 2.27 bits per heavy atom. The first-order valence-electron chi connectivity index (χ1n) is 4.56. The first-order chi connectivity index (χ1) is 7.17. The Balaban J connectivity index is 2.78. The third-order valence-corrected chi connectivity index (χ3v) is 2.40. The van der Waals surface area contributed by atoms with E-state index in [-0.39, 0.29) is 6.04 Å². The molecule has 0 saturated carbocycles. The summed E-state index contributed by atoms with van der Waals surface area (Å²) >= 11 is 11.6. The second-order valence-electron chi connectivity index (χ2n) is 3.03. The highest BCUT2D eigenvalue weighted by Gasteiger charge is 2.09. The summed E-state index contributed by atoms with van der Waals surface area (Å²) in [6.07, 6.45) is 6.78. The molecule has 0 fully saturated rings. The van der Waals surface area contributed by atoms with Gasteiger partial charge in [0.05, 0.1) is 5.69 Å². The number of anilines is 1. The van der Waals surface area contributed by atoms with E-state index in [1.807, 2.05) is 6.92 Å². The summed E-state index contributed by atoms with van der Waals surface area (Å²) in [6.45, 7) is 2.04. The van der Waals surface area contributed by atoms with Gasteiger partial charge in [0.25, 0.3) is 0 Å². The molecular formula is C10H11Cl2N3. The minimum Gasteiger partial charge on any atom is -0.379 e. The molecule has 1 heterocycles. The van der Waals surface area contributed by atoms with E-state index in [0.29, 0.717) is 22.4 Å². The topological polar surface area (TPSA) is 37.8 Å². The smallest absolute Gasteiger partial charge is 0.174 e. The maximum atomic E-state index is 5.85. The van der Waals surface area contributed by atoms with E-state index in [1.165, 1.54) is 0 Å². The van der Waals surface area contributed by atoms with Crippen molar-refractivity contribution >= 4 is 28.9 Å². The van der Waals surface area contributed by atoms with Gasteiger partial charge in [0, 0.05) is 18.5 Å². The number of rotatable bonds is 4. The number of halogens is 2. The number of aromatic nitrogens is 2. The van der Waals surface area contributed by atoms with Gasteiger partial charge in [-0.2, -0.15) is 0 Å². The minimum atomic E-state index is 0.174. The van der Waals surface area contributed by atoms with Crippen LogP contribution in [0.4, 0.5) is 5.69 Å². The lowest BCUT2D eigenvalue weighted by atomic mass is 10.1. The van der Waals surface area contributed by atoms with Crippen molar-refractivity contribution in [2.24, 2.45) is 0 Å². The van der Waals surface area contributed by atoms with E-state index >= 15 is 0 Å². The fourth-order valence-corrected chi connectivity index (χ4v) is 1.41. The van der Waals surface area contributed by atoms with Crippen molar-refractivity contribution in [3.8, 4) is 12.3 Å². The Bertz CT molecular complexity index is 373. The molecule has 1 unspecified atom stereocenters. The van der Waals surface area contributed by atoms with E-state index in [1.54, 1.807) is 6.07 Å². The van der Waals surface area contributed by atoms with Gasteiger partial charge >= 0.3 is 0 Å². The molecule has 15 heavy (non-hydrogen) atoms. The van der Waals surface area contributed by atoms with Gasteiger partial charge in [-0.15, -0.1) is 22.5 Å². The Kier molecular flexibility index (Phi) is 4.67. The molecule has 1 rings (SSSR count). The number of hydrogen-bond donors (Lipinski definition) is 1. The average molecular weight is 244 g/mol. The maximum Gasteiger partial charge on any atom is 0.174 e. The van der Waals surface area contributed by atoms with Crippen molar-refractivity contribution < 1.29 is 0 Å². The third kappa shape index (κ3) is 3.58. The van der Waals surface area contributed by atoms with Gasteiger partial charge in [0.15, 0.2) is 10.3 Å². The van der Waals surface area contributed by atoms with Crippen LogP contribution in [0.15, 0.2) is 6.07 Å². The van der Waals surface area contributed by atoms with Crippen LogP contribution < -0.4 is 5.32 Å². The predicted molar refractivity (Wildman–Crippen MR) is 63.2 cm³/mol. The molecule has 5 heteroatoms. The SMILES string of the molecule is C#CCC(CC)Nc1cc(Cl)nnc1Cl. The van der Waals surface area contributed by atoms with Crippen molar-refractivity contribution in [3.05, 3.63) is 16.4 Å². The van der Waals surface area contributed by atoms with Gasteiger partial charge in [-0.25, -0.2) is 0 Å². The maximum absolute atomic E-state index is 5.85. The van der Waals surface area contributed by atoms with Crippen molar-refractivity contribution in [2.45, 2.75) is 25.8 Å². The lowest BCUT2D eigenvalue weighted by molar-refractivity contribution is 0.714. The Morgan fingerprint density at radius 3 is 2.87 bits per heavy atom. The molecule has 0 bridgehead atoms. The van der Waals surface area contributed by atoms with E-state index in [0.717, 1.165) is 6.42 Å². The molecule has 3 nitrogen and oxygen atoms in total. The van der Waals surface area contributed by atoms with Crippen LogP contribution in [-0.2, 0) is 0 Å². The molecule has 0 aliphatic carbocycles. The summed E-state index contributed by atoms with van der Waals surface area (Å²) in [4.78, 5) is 0. The molecule has 0 saturated heterocycles. The summed E-state index contributed by atoms with van der Waals surface area (Å²) in [5, 5.41) is 11.1. The summed E-state index contributed by atoms with van der Waals surface area (Å²) in [5.41, 5.74) is 0.666. The van der Waals surface area contributed by atoms with Crippen LogP contribution in [0.1, 0.15) is 19.8 Å². The second kappa shape index (κ2) is 5.79. The van der Waals surface area contributed by atoms with Crippen LogP contribution in [0.3, 0.4) is 0 Å². The largest absolute Gasteiger partial charge is 0.379 e. The first kappa shape index (κ1) is 12.1. The number of terminal acetylenes is 1. The predicted octanol–water partition coefficient (Wildman–Crippen LogP) is 3.00. The molecule has 1 aromatic heterocycles. The molecule has 0 aliphatic rings. The number of nitrogens with zero attached hydrogens (tertiary/aromatic N) is 2. The van der Waals surface area contributed by atoms with Gasteiger partial charge in [0.1, 0.15) is 0 Å². The number of hydrogen-bond acceptors (Lipinski definition) is 3. The number of nitrogens with one attached hydrogen (secondary N) is 1. The Hall–Kier alpha value is -0.980. The Morgan fingerprint density at radius 1 is 1.53 bits per heavy atom. The summed E-state index contributed by atoms with van der Waals surface area (Å²) in [6, 6.07) is 1.81. The molecule has 0 aliphatic heterocycles. The van der Waals surface area contributed by atoms with Crippen molar-refractivity contribution in [1.29, 1.82) is 0 Å². The van der Waals surface area contributed by atoms with Gasteiger partial charge in [-0.3, -0.25) is 0 Å². The molecule has 1 aromatic rings. The lowest BCUT2D eigenvalue weighted by Crippen LogP contribution is -2.18. The fraction of sp³-hybridized carbons (Fsp3) is 0.400. The first-order valence-corrected chi connectivity index (χ1v) is 5.31. The van der Waals surface area contributed by atoms with E-state index in [4.69, 9.17) is 29.6 Å². The molecule has 80 valence electrons. The van der Waals surface area contributed by atoms with Gasteiger partial charge in [0.2, 0.25) is 0 Å². The summed E-state index contributed by atoms with van der Waals surface area (Å²) in [7, 11) is 0. The normalized spacial score (nSPS) is 11.9. The summed E-state index contributed by atoms with van der Waals surface area (Å²) < 4.78 is 0. The van der Waals surface area contributed by atoms with Gasteiger partial charge in [-0.05, 0) is 6.42 Å². The Labute approximate surface area is 99.2 Å². The zero-order chi connectivity index (χ0) is 11.3. The van der Waals surface area contributed by atoms with Gasteiger partial charge < -0.3 is 5.32 Å². The standard InChI is InChI=1S/C10H11Cl2N3/c1-3-5-7(4-2)13-8-6-9(11)14-15-10(8)12/h1,6-7H,4-5H2,2H3,(H,13,14). The fourth-order valence-electron chi connectivity index (χ4n) is 1.11. The van der Waals surface area contributed by atoms with Gasteiger partial charge in [-0.1, -0.05) is 30.1 Å². The van der Waals surface area contributed by atoms with Crippen LogP contribution in [-0.4, -0.2) is 16.2 Å². The van der Waals surface area contributed by atoms with Crippen LogP contribution in [0.2, 0.25) is 10.3 Å². The highest BCUT2D eigenvalue weighted by Crippen LogP contribution is 2.22. The highest BCUT2D eigenvalue weighted by atomic mass is 35.5. The zero-order valence-electron chi connectivity index (χ0n) is 8.30. The quantitative estimate of drug-likeness (QED) is 0.827. The third-order valence-electron chi connectivity index (χ3n) is 1.94. The van der Waals surface area contributed by atoms with Crippen LogP contribution in [0, 0.1) is 12.3 Å². The van der Waals surface area contributed by atoms with Crippen molar-refractivity contribution in [1.82, 2.24) is 10.2 Å². The zero-order valence-corrected chi connectivity index (χ0v) is 9.81. The van der Waals surface area contributed by atoms with E-state index in [9.17, 15) is 0 Å². The molecule has 0 radical (unpaired) electrons. The van der Waals surface area contributed by atoms with E-state index in [2.05, 4.69) is 21.4 Å². The molecule has 0 spiro atoms. The monoisotopic (exact) mass is 243 g/mol. The summed E-state index contributed by atoms with van der Waals surface area (Å²) in [5.74, 6) is 2.60. The average Bonchev–Trinajstić information content (AvgIpc) is 2.22. The molecule has 0 aromatic carbocycles. The van der Waals surface area contributed by atoms with Crippen LogP contribution in [0.25, 0.3) is 0 Å². The molecular weight excluding hydrogens is 233 g/mol. The lowest BCUT2D eigenvalue weighted by Gasteiger charge is -2.15. The second-order valence-corrected chi connectivity index (χ2v) is 3.77. The van der Waals surface area contributed by atoms with Crippen molar-refractivity contribution in [3.63, 3.8) is 0 Å². The van der Waals surface area contributed by atoms with Crippen molar-refractivity contribution in [2.75, 3.05) is 5.32 Å². The van der Waals surface area contributed by atoms with E-state index < -0.39 is 0 Å². The molecule has 0 amide bonds. The van der Waals surface area contributed by atoms with Crippen LogP contribution >= 0.6 is 23.2 Å². The molecule has 1 atom stereocenters. The highest BCUT2D eigenvalue weighted by molar-refractivity contribution is 6.33.